The molecule has 1 unspecified atom stereocenters. The van der Waals surface area contributed by atoms with Gasteiger partial charge in [0.1, 0.15) is 6.04 Å². The number of phenols is 2. The van der Waals surface area contributed by atoms with E-state index in [2.05, 4.69) is 0 Å². The van der Waals surface area contributed by atoms with Crippen LogP contribution in [0.15, 0.2) is 18.2 Å². The Morgan fingerprint density at radius 2 is 1.90 bits per heavy atom. The first-order chi connectivity index (χ1) is 9.23. The Hall–Kier alpha value is -2.28. The van der Waals surface area contributed by atoms with E-state index in [0.29, 0.717) is 5.56 Å². The number of nitrogens with zero attached hydrogens (tertiary/aromatic N) is 1. The highest BCUT2D eigenvalue weighted by molar-refractivity contribution is 5.86. The largest absolute Gasteiger partial charge is 0.504 e. The van der Waals surface area contributed by atoms with Gasteiger partial charge in [0.05, 0.1) is 6.04 Å². The number of carboxylic acids is 1. The van der Waals surface area contributed by atoms with Crippen LogP contribution in [-0.4, -0.2) is 51.2 Å². The zero-order valence-corrected chi connectivity index (χ0v) is 11.3. The van der Waals surface area contributed by atoms with Crippen LogP contribution in [0, 0.1) is 0 Å². The summed E-state index contributed by atoms with van der Waals surface area (Å²) in [5, 5.41) is 27.4. The minimum absolute atomic E-state index is 0.128. The lowest BCUT2D eigenvalue weighted by Gasteiger charge is -2.24. The highest BCUT2D eigenvalue weighted by Crippen LogP contribution is 2.25. The lowest BCUT2D eigenvalue weighted by atomic mass is 10.0. The SMILES string of the molecule is CC(C(=O)O)N(C)C(=O)[C@@H](N)Cc1ccc(O)c(O)c1. The predicted molar refractivity (Wildman–Crippen MR) is 71.3 cm³/mol. The van der Waals surface area contributed by atoms with Crippen molar-refractivity contribution in [2.75, 3.05) is 7.05 Å². The molecule has 20 heavy (non-hydrogen) atoms. The van der Waals surface area contributed by atoms with Crippen molar-refractivity contribution < 1.29 is 24.9 Å². The number of nitrogens with two attached hydrogens (primary N) is 1. The average Bonchev–Trinajstić information content (AvgIpc) is 2.40. The zero-order chi connectivity index (χ0) is 15.4. The minimum Gasteiger partial charge on any atom is -0.504 e. The van der Waals surface area contributed by atoms with E-state index in [-0.39, 0.29) is 17.9 Å². The van der Waals surface area contributed by atoms with E-state index < -0.39 is 24.0 Å². The van der Waals surface area contributed by atoms with Crippen molar-refractivity contribution in [3.8, 4) is 11.5 Å². The summed E-state index contributed by atoms with van der Waals surface area (Å²) in [5.41, 5.74) is 6.32. The van der Waals surface area contributed by atoms with Crippen molar-refractivity contribution in [3.63, 3.8) is 0 Å². The number of aliphatic carboxylic acids is 1. The van der Waals surface area contributed by atoms with Gasteiger partial charge in [-0.1, -0.05) is 6.07 Å². The molecule has 0 radical (unpaired) electrons. The third kappa shape index (κ3) is 3.61. The van der Waals surface area contributed by atoms with Gasteiger partial charge in [-0.3, -0.25) is 4.79 Å². The Morgan fingerprint density at radius 3 is 2.40 bits per heavy atom. The number of carboxylic acid groups (broad SMARTS) is 1. The van der Waals surface area contributed by atoms with E-state index in [9.17, 15) is 19.8 Å². The van der Waals surface area contributed by atoms with E-state index in [1.54, 1.807) is 0 Å². The lowest BCUT2D eigenvalue weighted by molar-refractivity contribution is -0.148. The molecule has 1 aromatic carbocycles. The summed E-state index contributed by atoms with van der Waals surface area (Å²) in [7, 11) is 1.37. The van der Waals surface area contributed by atoms with E-state index >= 15 is 0 Å². The zero-order valence-electron chi connectivity index (χ0n) is 11.3. The highest BCUT2D eigenvalue weighted by atomic mass is 16.4. The van der Waals surface area contributed by atoms with Crippen LogP contribution in [-0.2, 0) is 16.0 Å². The number of amides is 1. The number of benzene rings is 1. The summed E-state index contributed by atoms with van der Waals surface area (Å²) in [5.74, 6) is -2.18. The van der Waals surface area contributed by atoms with Crippen molar-refractivity contribution in [2.24, 2.45) is 5.73 Å². The molecule has 0 bridgehead atoms. The summed E-state index contributed by atoms with van der Waals surface area (Å²) < 4.78 is 0. The van der Waals surface area contributed by atoms with E-state index in [4.69, 9.17) is 10.8 Å². The highest BCUT2D eigenvalue weighted by Gasteiger charge is 2.26. The fraction of sp³-hybridized carbons (Fsp3) is 0.385. The molecule has 0 aliphatic rings. The molecule has 1 rings (SSSR count). The summed E-state index contributed by atoms with van der Waals surface area (Å²) in [6.07, 6.45) is 0.128. The Bertz CT molecular complexity index is 517. The van der Waals surface area contributed by atoms with Gasteiger partial charge in [0.2, 0.25) is 5.91 Å². The fourth-order valence-corrected chi connectivity index (χ4v) is 1.66. The average molecular weight is 282 g/mol. The second-order valence-corrected chi connectivity index (χ2v) is 4.60. The molecule has 5 N–H and O–H groups in total. The Morgan fingerprint density at radius 1 is 1.30 bits per heavy atom. The van der Waals surface area contributed by atoms with Crippen LogP contribution >= 0.6 is 0 Å². The number of aromatic hydroxyl groups is 2. The van der Waals surface area contributed by atoms with Gasteiger partial charge in [-0.05, 0) is 31.0 Å². The van der Waals surface area contributed by atoms with Crippen molar-refractivity contribution in [1.29, 1.82) is 0 Å². The van der Waals surface area contributed by atoms with Gasteiger partial charge >= 0.3 is 5.97 Å². The van der Waals surface area contributed by atoms with Gasteiger partial charge in [-0.15, -0.1) is 0 Å². The molecule has 1 amide bonds. The first-order valence-corrected chi connectivity index (χ1v) is 6.00. The number of hydrogen-bond donors (Lipinski definition) is 4. The molecular formula is C13H18N2O5. The van der Waals surface area contributed by atoms with Gasteiger partial charge in [0, 0.05) is 7.05 Å². The van der Waals surface area contributed by atoms with Gasteiger partial charge in [-0.25, -0.2) is 4.79 Å². The second kappa shape index (κ2) is 6.25. The molecule has 2 atom stereocenters. The van der Waals surface area contributed by atoms with E-state index in [0.717, 1.165) is 4.90 Å². The van der Waals surface area contributed by atoms with Gasteiger partial charge < -0.3 is 26.0 Å². The molecule has 1 aromatic rings. The number of likely N-dealkylation sites (N-methyl/N-ethyl adjacent to an activating group) is 1. The number of phenolic OH excluding ortho intramolecular Hbond substituents is 2. The number of hydrogen-bond acceptors (Lipinski definition) is 5. The molecule has 0 fully saturated rings. The van der Waals surface area contributed by atoms with Crippen LogP contribution in [0.3, 0.4) is 0 Å². The van der Waals surface area contributed by atoms with Gasteiger partial charge in [-0.2, -0.15) is 0 Å². The van der Waals surface area contributed by atoms with Crippen LogP contribution in [0.1, 0.15) is 12.5 Å². The third-order valence-electron chi connectivity index (χ3n) is 3.10. The topological polar surface area (TPSA) is 124 Å². The van der Waals surface area contributed by atoms with E-state index in [1.165, 1.54) is 32.2 Å². The lowest BCUT2D eigenvalue weighted by Crippen LogP contribution is -2.49. The van der Waals surface area contributed by atoms with Crippen LogP contribution in [0.25, 0.3) is 0 Å². The van der Waals surface area contributed by atoms with Crippen molar-refractivity contribution >= 4 is 11.9 Å². The molecule has 7 nitrogen and oxygen atoms in total. The quantitative estimate of drug-likeness (QED) is 0.559. The van der Waals surface area contributed by atoms with Crippen LogP contribution in [0.5, 0.6) is 11.5 Å². The summed E-state index contributed by atoms with van der Waals surface area (Å²) >= 11 is 0. The standard InChI is InChI=1S/C13H18N2O5/c1-7(13(19)20)15(2)12(18)9(14)5-8-3-4-10(16)11(17)6-8/h3-4,6-7,9,16-17H,5,14H2,1-2H3,(H,19,20)/t7?,9-/m0/s1. The Labute approximate surface area is 116 Å². The molecule has 0 spiro atoms. The third-order valence-corrected chi connectivity index (χ3v) is 3.10. The summed E-state index contributed by atoms with van der Waals surface area (Å²) in [4.78, 5) is 23.8. The molecule has 0 aliphatic carbocycles. The Balaban J connectivity index is 2.75. The molecule has 0 saturated carbocycles. The van der Waals surface area contributed by atoms with Crippen molar-refractivity contribution in [3.05, 3.63) is 23.8 Å². The van der Waals surface area contributed by atoms with Gasteiger partial charge in [0.25, 0.3) is 0 Å². The van der Waals surface area contributed by atoms with Gasteiger partial charge in [0.15, 0.2) is 11.5 Å². The van der Waals surface area contributed by atoms with Crippen LogP contribution in [0.4, 0.5) is 0 Å². The van der Waals surface area contributed by atoms with Crippen molar-refractivity contribution in [2.45, 2.75) is 25.4 Å². The predicted octanol–water partition coefficient (Wildman–Crippen LogP) is -0.101. The van der Waals surface area contributed by atoms with Crippen LogP contribution < -0.4 is 5.73 Å². The molecule has 0 aliphatic heterocycles. The maximum atomic E-state index is 12.0. The fourth-order valence-electron chi connectivity index (χ4n) is 1.66. The number of carbonyl (C=O) groups excluding carboxylic acids is 1. The minimum atomic E-state index is -1.12. The number of rotatable bonds is 5. The first-order valence-electron chi connectivity index (χ1n) is 6.00. The summed E-state index contributed by atoms with van der Waals surface area (Å²) in [6, 6.07) is 2.24. The maximum absolute atomic E-state index is 12.0. The molecule has 0 saturated heterocycles. The number of carbonyl (C=O) groups is 2. The van der Waals surface area contributed by atoms with Crippen LogP contribution in [0.2, 0.25) is 0 Å². The molecule has 0 aromatic heterocycles. The smallest absolute Gasteiger partial charge is 0.326 e. The second-order valence-electron chi connectivity index (χ2n) is 4.60. The molecule has 0 heterocycles. The Kier molecular flexibility index (Phi) is 4.93. The maximum Gasteiger partial charge on any atom is 0.326 e. The monoisotopic (exact) mass is 282 g/mol. The summed E-state index contributed by atoms with van der Waals surface area (Å²) in [6.45, 7) is 1.39. The molecular weight excluding hydrogens is 264 g/mol. The normalized spacial score (nSPS) is 13.6. The molecule has 7 heteroatoms. The van der Waals surface area contributed by atoms with Crippen molar-refractivity contribution in [1.82, 2.24) is 4.90 Å². The van der Waals surface area contributed by atoms with E-state index in [1.807, 2.05) is 0 Å². The first kappa shape index (κ1) is 15.8. The molecule has 110 valence electrons.